The molecule has 0 bridgehead atoms. The number of amides is 1. The molecule has 0 atom stereocenters. The van der Waals surface area contributed by atoms with Crippen molar-refractivity contribution in [2.75, 3.05) is 17.1 Å². The fraction of sp³-hybridized carbons (Fsp3) is 0.346. The standard InChI is InChI=1S/C24H26ClFN6O3S.C2H6/c1-12-5-8-16(15(26)11-12)30-21-18(22(33)29-14-6-7-14)20(13(2)24(34)32(21)4)35-23-19(25)17(9-10-28-23)31-36-27-3;1-2/h5,8-11,14,27,30H,6-7H2,1-4H3,(H,28,31)(H,29,33);1-2H3. The van der Waals surface area contributed by atoms with E-state index in [1.165, 1.54) is 36.0 Å². The van der Waals surface area contributed by atoms with Crippen LogP contribution in [0.2, 0.25) is 5.02 Å². The third-order valence-corrected chi connectivity index (χ3v) is 6.49. The number of aromatic nitrogens is 2. The molecule has 1 aliphatic carbocycles. The van der Waals surface area contributed by atoms with E-state index in [-0.39, 0.29) is 45.3 Å². The number of carbonyl (C=O) groups excluding carboxylic acids is 1. The molecule has 4 rings (SSSR count). The van der Waals surface area contributed by atoms with Gasteiger partial charge in [0.2, 0.25) is 5.88 Å². The minimum absolute atomic E-state index is 0.00246. The van der Waals surface area contributed by atoms with E-state index in [0.717, 1.165) is 18.4 Å². The zero-order valence-corrected chi connectivity index (χ0v) is 23.7. The molecule has 3 aromatic rings. The monoisotopic (exact) mass is 562 g/mol. The summed E-state index contributed by atoms with van der Waals surface area (Å²) in [5.41, 5.74) is 1.15. The maximum atomic E-state index is 14.7. The molecule has 0 unspecified atom stereocenters. The van der Waals surface area contributed by atoms with Crippen molar-refractivity contribution in [2.24, 2.45) is 7.05 Å². The van der Waals surface area contributed by atoms with Crippen LogP contribution in [0, 0.1) is 19.7 Å². The number of benzene rings is 1. The maximum absolute atomic E-state index is 14.7. The molecule has 0 aliphatic heterocycles. The highest BCUT2D eigenvalue weighted by atomic mass is 35.5. The fourth-order valence-electron chi connectivity index (χ4n) is 3.51. The summed E-state index contributed by atoms with van der Waals surface area (Å²) < 4.78 is 27.9. The second-order valence-corrected chi connectivity index (χ2v) is 9.58. The van der Waals surface area contributed by atoms with Gasteiger partial charge in [-0.2, -0.15) is 0 Å². The Morgan fingerprint density at radius 3 is 2.55 bits per heavy atom. The number of nitrogens with zero attached hydrogens (tertiary/aromatic N) is 2. The van der Waals surface area contributed by atoms with Gasteiger partial charge in [0, 0.05) is 31.4 Å². The van der Waals surface area contributed by atoms with E-state index in [1.54, 1.807) is 39.1 Å². The van der Waals surface area contributed by atoms with Crippen molar-refractivity contribution in [1.82, 2.24) is 19.6 Å². The molecule has 1 aliphatic rings. The molecule has 2 heterocycles. The second kappa shape index (κ2) is 13.0. The molecule has 1 saturated carbocycles. The predicted molar refractivity (Wildman–Crippen MR) is 152 cm³/mol. The number of anilines is 3. The zero-order valence-electron chi connectivity index (χ0n) is 22.2. The van der Waals surface area contributed by atoms with Crippen LogP contribution < -0.4 is 30.4 Å². The van der Waals surface area contributed by atoms with E-state index in [0.29, 0.717) is 5.69 Å². The minimum Gasteiger partial charge on any atom is -0.436 e. The van der Waals surface area contributed by atoms with Crippen LogP contribution in [0.15, 0.2) is 35.3 Å². The molecular formula is C26H32ClFN6O3S. The summed E-state index contributed by atoms with van der Waals surface area (Å²) >= 11 is 7.70. The lowest BCUT2D eigenvalue weighted by Crippen LogP contribution is -2.31. The summed E-state index contributed by atoms with van der Waals surface area (Å²) in [6.07, 6.45) is 3.19. The Hall–Kier alpha value is -3.28. The van der Waals surface area contributed by atoms with Gasteiger partial charge < -0.3 is 20.1 Å². The first kappa shape index (κ1) is 29.3. The summed E-state index contributed by atoms with van der Waals surface area (Å²) in [5, 5.41) is 6.02. The van der Waals surface area contributed by atoms with Crippen LogP contribution in [0.3, 0.4) is 0 Å². The van der Waals surface area contributed by atoms with E-state index < -0.39 is 17.3 Å². The largest absolute Gasteiger partial charge is 0.436 e. The zero-order chi connectivity index (χ0) is 28.0. The van der Waals surface area contributed by atoms with Crippen LogP contribution >= 0.6 is 23.7 Å². The van der Waals surface area contributed by atoms with Gasteiger partial charge in [-0.05, 0) is 57.5 Å². The molecule has 0 radical (unpaired) electrons. The van der Waals surface area contributed by atoms with Gasteiger partial charge >= 0.3 is 0 Å². The van der Waals surface area contributed by atoms with Gasteiger partial charge in [-0.1, -0.05) is 31.5 Å². The van der Waals surface area contributed by atoms with E-state index in [2.05, 4.69) is 25.1 Å². The van der Waals surface area contributed by atoms with Crippen LogP contribution in [0.25, 0.3) is 0 Å². The molecule has 12 heteroatoms. The third kappa shape index (κ3) is 6.58. The van der Waals surface area contributed by atoms with Crippen LogP contribution in [-0.2, 0) is 7.05 Å². The first-order valence-electron chi connectivity index (χ1n) is 12.2. The van der Waals surface area contributed by atoms with Crippen molar-refractivity contribution in [3.05, 3.63) is 68.3 Å². The van der Waals surface area contributed by atoms with Crippen LogP contribution in [0.4, 0.5) is 21.6 Å². The lowest BCUT2D eigenvalue weighted by molar-refractivity contribution is 0.0948. The van der Waals surface area contributed by atoms with Gasteiger partial charge in [0.1, 0.15) is 22.2 Å². The highest BCUT2D eigenvalue weighted by molar-refractivity contribution is 7.98. The number of pyridine rings is 2. The smallest absolute Gasteiger partial charge is 0.259 e. The summed E-state index contributed by atoms with van der Waals surface area (Å²) in [4.78, 5) is 30.8. The first-order valence-corrected chi connectivity index (χ1v) is 13.4. The number of rotatable bonds is 9. The van der Waals surface area contributed by atoms with Crippen molar-refractivity contribution in [2.45, 2.75) is 46.6 Å². The van der Waals surface area contributed by atoms with Crippen LogP contribution in [0.5, 0.6) is 11.6 Å². The topological polar surface area (TPSA) is 109 Å². The molecule has 1 amide bonds. The quantitative estimate of drug-likeness (QED) is 0.241. The predicted octanol–water partition coefficient (Wildman–Crippen LogP) is 5.84. The average Bonchev–Trinajstić information content (AvgIpc) is 3.72. The molecule has 0 saturated heterocycles. The number of hydrogen-bond acceptors (Lipinski definition) is 8. The lowest BCUT2D eigenvalue weighted by Gasteiger charge is -2.21. The lowest BCUT2D eigenvalue weighted by atomic mass is 10.1. The van der Waals surface area contributed by atoms with Gasteiger partial charge in [-0.15, -0.1) is 0 Å². The molecule has 1 aromatic carbocycles. The summed E-state index contributed by atoms with van der Waals surface area (Å²) in [6, 6.07) is 6.32. The van der Waals surface area contributed by atoms with Crippen molar-refractivity contribution in [3.63, 3.8) is 0 Å². The van der Waals surface area contributed by atoms with Crippen molar-refractivity contribution in [3.8, 4) is 11.6 Å². The molecule has 2 aromatic heterocycles. The van der Waals surface area contributed by atoms with Gasteiger partial charge in [0.25, 0.3) is 11.5 Å². The van der Waals surface area contributed by atoms with E-state index in [9.17, 15) is 14.0 Å². The van der Waals surface area contributed by atoms with Crippen LogP contribution in [0.1, 0.15) is 48.2 Å². The summed E-state index contributed by atoms with van der Waals surface area (Å²) in [5.74, 6) is -0.915. The molecule has 1 fully saturated rings. The normalized spacial score (nSPS) is 12.3. The number of ether oxygens (including phenoxy) is 1. The Balaban J connectivity index is 0.00000195. The van der Waals surface area contributed by atoms with E-state index in [4.69, 9.17) is 16.3 Å². The molecule has 9 nitrogen and oxygen atoms in total. The molecular weight excluding hydrogens is 531 g/mol. The van der Waals surface area contributed by atoms with Gasteiger partial charge in [0.05, 0.1) is 16.9 Å². The van der Waals surface area contributed by atoms with E-state index in [1.807, 2.05) is 13.8 Å². The molecule has 0 spiro atoms. The van der Waals surface area contributed by atoms with Gasteiger partial charge in [-0.3, -0.25) is 14.2 Å². The minimum atomic E-state index is -0.524. The highest BCUT2D eigenvalue weighted by Gasteiger charge is 2.31. The average molecular weight is 563 g/mol. The number of hydrogen-bond donors (Lipinski definition) is 4. The van der Waals surface area contributed by atoms with Crippen molar-refractivity contribution < 1.29 is 13.9 Å². The number of halogens is 2. The van der Waals surface area contributed by atoms with Crippen molar-refractivity contribution >= 4 is 46.8 Å². The van der Waals surface area contributed by atoms with Crippen LogP contribution in [-0.4, -0.2) is 28.5 Å². The Bertz CT molecular complexity index is 1380. The number of aryl methyl sites for hydroxylation is 1. The summed E-state index contributed by atoms with van der Waals surface area (Å²) in [7, 11) is 3.25. The second-order valence-electron chi connectivity index (χ2n) is 8.39. The first-order chi connectivity index (χ1) is 18.2. The highest BCUT2D eigenvalue weighted by Crippen LogP contribution is 2.38. The Morgan fingerprint density at radius 2 is 1.92 bits per heavy atom. The maximum Gasteiger partial charge on any atom is 0.259 e. The van der Waals surface area contributed by atoms with E-state index >= 15 is 0 Å². The van der Waals surface area contributed by atoms with Gasteiger partial charge in [-0.25, -0.2) is 14.1 Å². The Kier molecular flexibility index (Phi) is 10.0. The Morgan fingerprint density at radius 1 is 1.21 bits per heavy atom. The SMILES string of the molecule is CC.CNSNc1ccnc(Oc2c(C(=O)NC3CC3)c(Nc3ccc(C)cc3F)n(C)c(=O)c2C)c1Cl. The number of carbonyl (C=O) groups is 1. The fourth-order valence-corrected chi connectivity index (χ4v) is 4.14. The van der Waals surface area contributed by atoms with Crippen molar-refractivity contribution in [1.29, 1.82) is 0 Å². The molecule has 4 N–H and O–H groups in total. The van der Waals surface area contributed by atoms with Gasteiger partial charge in [0.15, 0.2) is 5.75 Å². The summed E-state index contributed by atoms with van der Waals surface area (Å²) in [6.45, 7) is 7.32. The third-order valence-electron chi connectivity index (χ3n) is 5.60. The molecule has 38 heavy (non-hydrogen) atoms. The number of nitrogens with one attached hydrogen (secondary N) is 4. The molecule has 204 valence electrons. The Labute approximate surface area is 230 Å².